The van der Waals surface area contributed by atoms with Gasteiger partial charge >= 0.3 is 0 Å². The molecule has 0 saturated carbocycles. The molecule has 2 heterocycles. The van der Waals surface area contributed by atoms with Crippen molar-refractivity contribution < 1.29 is 4.39 Å². The number of piperazine rings is 1. The summed E-state index contributed by atoms with van der Waals surface area (Å²) >= 11 is 0. The van der Waals surface area contributed by atoms with Gasteiger partial charge < -0.3 is 0 Å². The van der Waals surface area contributed by atoms with Crippen LogP contribution in [0.5, 0.6) is 0 Å². The Morgan fingerprint density at radius 3 is 2.44 bits per heavy atom. The summed E-state index contributed by atoms with van der Waals surface area (Å²) in [6.45, 7) is 14.9. The lowest BCUT2D eigenvalue weighted by Gasteiger charge is -2.39. The van der Waals surface area contributed by atoms with E-state index in [9.17, 15) is 4.39 Å². The van der Waals surface area contributed by atoms with Crippen molar-refractivity contribution in [1.82, 2.24) is 30.0 Å². The topological polar surface area (TPSA) is 50.1 Å². The standard InChI is InChI=1S/C20H29FN6/c1-5-11-25-12-14-26(15-13-25)18(16-7-9-17(21)10-8-16)19-22-23-24-27(19)20(3,4)6-2/h5,7-10,18H,1,6,11-15H2,2-4H3. The molecule has 1 unspecified atom stereocenters. The highest BCUT2D eigenvalue weighted by Crippen LogP contribution is 2.31. The second-order valence-electron chi connectivity index (χ2n) is 7.69. The first-order chi connectivity index (χ1) is 13.0. The van der Waals surface area contributed by atoms with Crippen molar-refractivity contribution in [3.63, 3.8) is 0 Å². The third-order valence-corrected chi connectivity index (χ3v) is 5.52. The summed E-state index contributed by atoms with van der Waals surface area (Å²) in [4.78, 5) is 4.77. The first-order valence-electron chi connectivity index (χ1n) is 9.58. The molecule has 0 amide bonds. The lowest BCUT2D eigenvalue weighted by molar-refractivity contribution is 0.109. The highest BCUT2D eigenvalue weighted by atomic mass is 19.1. The zero-order chi connectivity index (χ0) is 19.4. The van der Waals surface area contributed by atoms with Gasteiger partial charge in [-0.2, -0.15) is 0 Å². The normalized spacial score (nSPS) is 17.8. The van der Waals surface area contributed by atoms with E-state index in [0.717, 1.165) is 50.5 Å². The van der Waals surface area contributed by atoms with Crippen LogP contribution in [-0.4, -0.2) is 62.7 Å². The van der Waals surface area contributed by atoms with Crippen LogP contribution in [0.25, 0.3) is 0 Å². The highest BCUT2D eigenvalue weighted by Gasteiger charge is 2.33. The summed E-state index contributed by atoms with van der Waals surface area (Å²) in [6.07, 6.45) is 2.85. The fourth-order valence-electron chi connectivity index (χ4n) is 3.50. The molecule has 7 heteroatoms. The van der Waals surface area contributed by atoms with Crippen LogP contribution < -0.4 is 0 Å². The summed E-state index contributed by atoms with van der Waals surface area (Å²) in [7, 11) is 0. The summed E-state index contributed by atoms with van der Waals surface area (Å²) < 4.78 is 15.4. The zero-order valence-electron chi connectivity index (χ0n) is 16.5. The maximum atomic E-state index is 13.5. The molecule has 6 nitrogen and oxygen atoms in total. The van der Waals surface area contributed by atoms with Crippen LogP contribution in [0, 0.1) is 5.82 Å². The molecule has 1 saturated heterocycles. The molecule has 1 aliphatic rings. The van der Waals surface area contributed by atoms with E-state index in [-0.39, 0.29) is 17.4 Å². The molecule has 1 aliphatic heterocycles. The Balaban J connectivity index is 1.96. The molecule has 146 valence electrons. The Morgan fingerprint density at radius 2 is 1.85 bits per heavy atom. The smallest absolute Gasteiger partial charge is 0.173 e. The minimum atomic E-state index is -0.234. The SMILES string of the molecule is C=CCN1CCN(C(c2ccc(F)cc2)c2nnnn2C(C)(C)CC)CC1. The van der Waals surface area contributed by atoms with Crippen molar-refractivity contribution in [2.24, 2.45) is 0 Å². The number of tetrazole rings is 1. The van der Waals surface area contributed by atoms with Gasteiger partial charge in [0.2, 0.25) is 0 Å². The summed E-state index contributed by atoms with van der Waals surface area (Å²) in [5.74, 6) is 0.576. The third-order valence-electron chi connectivity index (χ3n) is 5.52. The van der Waals surface area contributed by atoms with Gasteiger partial charge in [-0.05, 0) is 48.4 Å². The van der Waals surface area contributed by atoms with Gasteiger partial charge in [-0.3, -0.25) is 9.80 Å². The fourth-order valence-corrected chi connectivity index (χ4v) is 3.50. The molecule has 27 heavy (non-hydrogen) atoms. The van der Waals surface area contributed by atoms with Gasteiger partial charge in [-0.15, -0.1) is 11.7 Å². The van der Waals surface area contributed by atoms with Gasteiger partial charge in [0.1, 0.15) is 5.82 Å². The number of benzene rings is 1. The quantitative estimate of drug-likeness (QED) is 0.700. The van der Waals surface area contributed by atoms with E-state index in [4.69, 9.17) is 0 Å². The first kappa shape index (κ1) is 19.6. The number of nitrogens with zero attached hydrogens (tertiary/aromatic N) is 6. The second kappa shape index (κ2) is 8.27. The van der Waals surface area contributed by atoms with Gasteiger partial charge in [0.15, 0.2) is 5.82 Å². The minimum Gasteiger partial charge on any atom is -0.297 e. The monoisotopic (exact) mass is 372 g/mol. The molecule has 0 radical (unpaired) electrons. The van der Waals surface area contributed by atoms with Crippen molar-refractivity contribution in [3.8, 4) is 0 Å². The number of halogens is 1. The maximum absolute atomic E-state index is 13.5. The van der Waals surface area contributed by atoms with Crippen LogP contribution in [0.4, 0.5) is 4.39 Å². The van der Waals surface area contributed by atoms with E-state index in [1.165, 1.54) is 12.1 Å². The number of hydrogen-bond acceptors (Lipinski definition) is 5. The summed E-state index contributed by atoms with van der Waals surface area (Å²) in [5.41, 5.74) is 0.818. The Labute approximate surface area is 160 Å². The van der Waals surface area contributed by atoms with Crippen molar-refractivity contribution >= 4 is 0 Å². The Hall–Kier alpha value is -2.12. The van der Waals surface area contributed by atoms with Crippen molar-refractivity contribution in [1.29, 1.82) is 0 Å². The number of aromatic nitrogens is 4. The van der Waals surface area contributed by atoms with Gasteiger partial charge in [0, 0.05) is 32.7 Å². The molecule has 1 aromatic heterocycles. The lowest BCUT2D eigenvalue weighted by Crippen LogP contribution is -2.48. The average molecular weight is 372 g/mol. The van der Waals surface area contributed by atoms with Crippen LogP contribution in [0.3, 0.4) is 0 Å². The molecule has 3 rings (SSSR count). The maximum Gasteiger partial charge on any atom is 0.173 e. The van der Waals surface area contributed by atoms with Gasteiger partial charge in [-0.1, -0.05) is 25.1 Å². The van der Waals surface area contributed by atoms with Crippen molar-refractivity contribution in [3.05, 3.63) is 54.1 Å². The lowest BCUT2D eigenvalue weighted by atomic mass is 9.99. The molecule has 1 aromatic carbocycles. The van der Waals surface area contributed by atoms with Crippen LogP contribution in [0.1, 0.15) is 44.6 Å². The van der Waals surface area contributed by atoms with Crippen molar-refractivity contribution in [2.45, 2.75) is 38.8 Å². The summed E-state index contributed by atoms with van der Waals surface area (Å²) in [6, 6.07) is 6.60. The fraction of sp³-hybridized carbons (Fsp3) is 0.550. The largest absolute Gasteiger partial charge is 0.297 e. The van der Waals surface area contributed by atoms with E-state index >= 15 is 0 Å². The average Bonchev–Trinajstić information content (AvgIpc) is 3.15. The van der Waals surface area contributed by atoms with Crippen LogP contribution in [0.2, 0.25) is 0 Å². The number of hydrogen-bond donors (Lipinski definition) is 0. The van der Waals surface area contributed by atoms with E-state index in [0.29, 0.717) is 0 Å². The zero-order valence-corrected chi connectivity index (χ0v) is 16.5. The predicted molar refractivity (Wildman–Crippen MR) is 104 cm³/mol. The first-order valence-corrected chi connectivity index (χ1v) is 9.58. The molecule has 0 aliphatic carbocycles. The Bertz CT molecular complexity index is 746. The van der Waals surface area contributed by atoms with Gasteiger partial charge in [0.05, 0.1) is 11.6 Å². The van der Waals surface area contributed by atoms with E-state index in [1.807, 2.05) is 22.9 Å². The van der Waals surface area contributed by atoms with Crippen LogP contribution in [-0.2, 0) is 5.54 Å². The Kier molecular flexibility index (Phi) is 6.01. The molecule has 0 spiro atoms. The molecule has 1 fully saturated rings. The minimum absolute atomic E-state index is 0.0997. The molecule has 0 N–H and O–H groups in total. The molecular formula is C20H29FN6. The molecular weight excluding hydrogens is 343 g/mol. The van der Waals surface area contributed by atoms with E-state index in [2.05, 4.69) is 52.7 Å². The van der Waals surface area contributed by atoms with E-state index in [1.54, 1.807) is 0 Å². The highest BCUT2D eigenvalue weighted by molar-refractivity contribution is 5.26. The predicted octanol–water partition coefficient (Wildman–Crippen LogP) is 2.85. The van der Waals surface area contributed by atoms with Crippen molar-refractivity contribution in [2.75, 3.05) is 32.7 Å². The van der Waals surface area contributed by atoms with Crippen LogP contribution in [0.15, 0.2) is 36.9 Å². The van der Waals surface area contributed by atoms with Gasteiger partial charge in [-0.25, -0.2) is 9.07 Å². The Morgan fingerprint density at radius 1 is 1.19 bits per heavy atom. The summed E-state index contributed by atoms with van der Waals surface area (Å²) in [5, 5.41) is 12.7. The molecule has 0 bridgehead atoms. The second-order valence-corrected chi connectivity index (χ2v) is 7.69. The third kappa shape index (κ3) is 4.25. The molecule has 1 atom stereocenters. The van der Waals surface area contributed by atoms with Crippen LogP contribution >= 0.6 is 0 Å². The number of rotatable bonds is 7. The van der Waals surface area contributed by atoms with Gasteiger partial charge in [0.25, 0.3) is 0 Å². The van der Waals surface area contributed by atoms with E-state index < -0.39 is 0 Å². The molecule has 2 aromatic rings.